The Kier molecular flexibility index (Phi) is 2.83. The van der Waals surface area contributed by atoms with Crippen molar-refractivity contribution in [1.29, 1.82) is 0 Å². The number of nitrogens with zero attached hydrogens (tertiary/aromatic N) is 2. The number of benzene rings is 1. The number of hydrogen-bond acceptors (Lipinski definition) is 5. The van der Waals surface area contributed by atoms with E-state index in [1.54, 1.807) is 11.3 Å². The topological polar surface area (TPSA) is 61.0 Å². The molecular formula is C14H13N3OS. The van der Waals surface area contributed by atoms with Crippen molar-refractivity contribution < 1.29 is 4.74 Å². The lowest BCUT2D eigenvalue weighted by Crippen LogP contribution is -1.95. The van der Waals surface area contributed by atoms with E-state index in [0.29, 0.717) is 17.3 Å². The second-order valence-corrected chi connectivity index (χ2v) is 5.30. The summed E-state index contributed by atoms with van der Waals surface area (Å²) in [6.45, 7) is 4.02. The van der Waals surface area contributed by atoms with Gasteiger partial charge in [-0.25, -0.2) is 9.97 Å². The van der Waals surface area contributed by atoms with Crippen molar-refractivity contribution in [2.24, 2.45) is 0 Å². The monoisotopic (exact) mass is 271 g/mol. The normalized spacial score (nSPS) is 10.8. The number of aryl methyl sites for hydroxylation is 2. The molecule has 0 amide bonds. The number of nitrogen functional groups attached to an aromatic ring is 1. The summed E-state index contributed by atoms with van der Waals surface area (Å²) >= 11 is 1.58. The van der Waals surface area contributed by atoms with Gasteiger partial charge in [0.15, 0.2) is 5.75 Å². The third-order valence-electron chi connectivity index (χ3n) is 2.87. The van der Waals surface area contributed by atoms with E-state index in [4.69, 9.17) is 10.5 Å². The number of hydrogen-bond donors (Lipinski definition) is 1. The molecule has 0 spiro atoms. The molecule has 1 aromatic carbocycles. The molecule has 19 heavy (non-hydrogen) atoms. The standard InChI is InChI=1S/C14H13N3OS/c1-8-3-4-10(15)11(5-8)18-14-13-12(16-7-17-14)9(2)6-19-13/h3-7H,15H2,1-2H3. The fourth-order valence-electron chi connectivity index (χ4n) is 1.85. The first-order valence-electron chi connectivity index (χ1n) is 5.88. The summed E-state index contributed by atoms with van der Waals surface area (Å²) in [6, 6.07) is 5.69. The van der Waals surface area contributed by atoms with Crippen molar-refractivity contribution >= 4 is 27.2 Å². The van der Waals surface area contributed by atoms with Crippen LogP contribution in [0.4, 0.5) is 5.69 Å². The molecule has 2 N–H and O–H groups in total. The lowest BCUT2D eigenvalue weighted by Gasteiger charge is -2.08. The van der Waals surface area contributed by atoms with Gasteiger partial charge in [-0.15, -0.1) is 11.3 Å². The van der Waals surface area contributed by atoms with E-state index in [-0.39, 0.29) is 0 Å². The molecule has 96 valence electrons. The van der Waals surface area contributed by atoms with E-state index in [1.807, 2.05) is 37.4 Å². The lowest BCUT2D eigenvalue weighted by atomic mass is 10.2. The van der Waals surface area contributed by atoms with Crippen LogP contribution in [-0.2, 0) is 0 Å². The second-order valence-electron chi connectivity index (χ2n) is 4.42. The zero-order valence-electron chi connectivity index (χ0n) is 10.7. The van der Waals surface area contributed by atoms with Gasteiger partial charge in [0.05, 0.1) is 11.2 Å². The van der Waals surface area contributed by atoms with Crippen LogP contribution < -0.4 is 10.5 Å². The maximum atomic E-state index is 5.92. The van der Waals surface area contributed by atoms with Crippen LogP contribution in [-0.4, -0.2) is 9.97 Å². The Morgan fingerprint density at radius 2 is 2.05 bits per heavy atom. The van der Waals surface area contributed by atoms with Gasteiger partial charge < -0.3 is 10.5 Å². The molecule has 0 bridgehead atoms. The molecule has 0 fully saturated rings. The quantitative estimate of drug-likeness (QED) is 0.722. The fourth-order valence-corrected chi connectivity index (χ4v) is 2.78. The van der Waals surface area contributed by atoms with Crippen LogP contribution in [0.25, 0.3) is 10.2 Å². The molecule has 5 heteroatoms. The smallest absolute Gasteiger partial charge is 0.240 e. The number of thiophene rings is 1. The van der Waals surface area contributed by atoms with E-state index >= 15 is 0 Å². The SMILES string of the molecule is Cc1ccc(N)c(Oc2ncnc3c(C)csc23)c1. The predicted octanol–water partition coefficient (Wildman–Crippen LogP) is 3.68. The maximum absolute atomic E-state index is 5.92. The lowest BCUT2D eigenvalue weighted by molar-refractivity contribution is 0.471. The van der Waals surface area contributed by atoms with Crippen molar-refractivity contribution in [3.8, 4) is 11.6 Å². The average Bonchev–Trinajstić information content (AvgIpc) is 2.77. The van der Waals surface area contributed by atoms with Gasteiger partial charge in [-0.3, -0.25) is 0 Å². The third-order valence-corrected chi connectivity index (χ3v) is 3.95. The van der Waals surface area contributed by atoms with E-state index < -0.39 is 0 Å². The summed E-state index contributed by atoms with van der Waals surface area (Å²) in [5.41, 5.74) is 9.68. The Bertz CT molecular complexity index is 752. The van der Waals surface area contributed by atoms with Crippen LogP contribution in [0.2, 0.25) is 0 Å². The van der Waals surface area contributed by atoms with Crippen molar-refractivity contribution in [2.45, 2.75) is 13.8 Å². The first-order valence-corrected chi connectivity index (χ1v) is 6.76. The Morgan fingerprint density at radius 1 is 1.21 bits per heavy atom. The minimum Gasteiger partial charge on any atom is -0.435 e. The van der Waals surface area contributed by atoms with Crippen LogP contribution in [0.1, 0.15) is 11.1 Å². The number of rotatable bonds is 2. The largest absolute Gasteiger partial charge is 0.435 e. The predicted molar refractivity (Wildman–Crippen MR) is 77.8 cm³/mol. The Labute approximate surface area is 114 Å². The Morgan fingerprint density at radius 3 is 2.89 bits per heavy atom. The van der Waals surface area contributed by atoms with E-state index in [9.17, 15) is 0 Å². The van der Waals surface area contributed by atoms with Crippen molar-refractivity contribution in [2.75, 3.05) is 5.73 Å². The molecule has 4 nitrogen and oxygen atoms in total. The number of anilines is 1. The molecule has 2 aromatic heterocycles. The van der Waals surface area contributed by atoms with Gasteiger partial charge in [-0.05, 0) is 42.5 Å². The van der Waals surface area contributed by atoms with Gasteiger partial charge in [-0.2, -0.15) is 0 Å². The molecule has 0 radical (unpaired) electrons. The summed E-state index contributed by atoms with van der Waals surface area (Å²) in [7, 11) is 0. The molecule has 0 unspecified atom stereocenters. The van der Waals surface area contributed by atoms with Crippen LogP contribution in [0.5, 0.6) is 11.6 Å². The van der Waals surface area contributed by atoms with Gasteiger partial charge >= 0.3 is 0 Å². The molecule has 0 aliphatic rings. The van der Waals surface area contributed by atoms with Gasteiger partial charge in [-0.1, -0.05) is 6.07 Å². The Balaban J connectivity index is 2.08. The van der Waals surface area contributed by atoms with E-state index in [2.05, 4.69) is 9.97 Å². The fraction of sp³-hybridized carbons (Fsp3) is 0.143. The number of fused-ring (bicyclic) bond motifs is 1. The highest BCUT2D eigenvalue weighted by Crippen LogP contribution is 2.34. The van der Waals surface area contributed by atoms with Crippen LogP contribution in [0.3, 0.4) is 0 Å². The molecule has 0 saturated heterocycles. The molecule has 0 aliphatic carbocycles. The van der Waals surface area contributed by atoms with Crippen LogP contribution >= 0.6 is 11.3 Å². The molecule has 2 heterocycles. The number of aromatic nitrogens is 2. The highest BCUT2D eigenvalue weighted by atomic mass is 32.1. The summed E-state index contributed by atoms with van der Waals surface area (Å²) in [5.74, 6) is 1.19. The summed E-state index contributed by atoms with van der Waals surface area (Å²) < 4.78 is 6.80. The second kappa shape index (κ2) is 4.51. The van der Waals surface area contributed by atoms with Crippen LogP contribution in [0.15, 0.2) is 29.9 Å². The molecule has 0 aliphatic heterocycles. The number of nitrogens with two attached hydrogens (primary N) is 1. The Hall–Kier alpha value is -2.14. The molecule has 0 atom stereocenters. The van der Waals surface area contributed by atoms with Crippen molar-refractivity contribution in [3.63, 3.8) is 0 Å². The van der Waals surface area contributed by atoms with E-state index in [0.717, 1.165) is 21.3 Å². The minimum atomic E-state index is 0.556. The highest BCUT2D eigenvalue weighted by Gasteiger charge is 2.11. The average molecular weight is 271 g/mol. The van der Waals surface area contributed by atoms with Gasteiger partial charge in [0.1, 0.15) is 11.0 Å². The molecule has 3 aromatic rings. The summed E-state index contributed by atoms with van der Waals surface area (Å²) in [6.07, 6.45) is 1.52. The van der Waals surface area contributed by atoms with Gasteiger partial charge in [0.2, 0.25) is 5.88 Å². The van der Waals surface area contributed by atoms with Crippen LogP contribution in [0, 0.1) is 13.8 Å². The van der Waals surface area contributed by atoms with Gasteiger partial charge in [0, 0.05) is 0 Å². The van der Waals surface area contributed by atoms with Crippen molar-refractivity contribution in [3.05, 3.63) is 41.0 Å². The van der Waals surface area contributed by atoms with Gasteiger partial charge in [0.25, 0.3) is 0 Å². The summed E-state index contributed by atoms with van der Waals surface area (Å²) in [5, 5.41) is 2.05. The van der Waals surface area contributed by atoms with E-state index in [1.165, 1.54) is 6.33 Å². The molecule has 0 saturated carbocycles. The highest BCUT2D eigenvalue weighted by molar-refractivity contribution is 7.17. The maximum Gasteiger partial charge on any atom is 0.240 e. The first kappa shape index (κ1) is 11.9. The number of ether oxygens (including phenoxy) is 1. The first-order chi connectivity index (χ1) is 9.15. The summed E-state index contributed by atoms with van der Waals surface area (Å²) in [4.78, 5) is 8.48. The zero-order valence-corrected chi connectivity index (χ0v) is 11.5. The molecule has 3 rings (SSSR count). The molecular weight excluding hydrogens is 258 g/mol. The third kappa shape index (κ3) is 2.13. The minimum absolute atomic E-state index is 0.556. The van der Waals surface area contributed by atoms with Crippen molar-refractivity contribution in [1.82, 2.24) is 9.97 Å². The zero-order chi connectivity index (χ0) is 13.4.